The van der Waals surface area contributed by atoms with Crippen LogP contribution in [-0.4, -0.2) is 25.5 Å². The minimum Gasteiger partial charge on any atom is -0.478 e. The maximum atomic E-state index is 12.0. The number of sulfonamides is 1. The minimum absolute atomic E-state index is 0.0431. The number of hydrogen-bond acceptors (Lipinski definition) is 6. The van der Waals surface area contributed by atoms with Crippen molar-refractivity contribution in [2.24, 2.45) is 0 Å². The molecule has 9 heteroatoms. The number of halogens is 1. The summed E-state index contributed by atoms with van der Waals surface area (Å²) in [4.78, 5) is 7.65. The highest BCUT2D eigenvalue weighted by atomic mass is 35.5. The van der Waals surface area contributed by atoms with E-state index in [1.807, 2.05) is 0 Å². The zero-order valence-corrected chi connectivity index (χ0v) is 11.5. The van der Waals surface area contributed by atoms with Gasteiger partial charge in [0.2, 0.25) is 5.82 Å². The Morgan fingerprint density at radius 2 is 2.28 bits per heavy atom. The highest BCUT2D eigenvalue weighted by molar-refractivity contribution is 7.94. The van der Waals surface area contributed by atoms with Gasteiger partial charge in [0.15, 0.2) is 0 Å². The van der Waals surface area contributed by atoms with Gasteiger partial charge in [0, 0.05) is 0 Å². The molecule has 0 radical (unpaired) electrons. The molecule has 0 aliphatic heterocycles. The lowest BCUT2D eigenvalue weighted by Gasteiger charge is -2.08. The fourth-order valence-corrected chi connectivity index (χ4v) is 3.29. The van der Waals surface area contributed by atoms with Crippen molar-refractivity contribution in [1.82, 2.24) is 9.97 Å². The first-order valence-electron chi connectivity index (χ1n) is 4.66. The van der Waals surface area contributed by atoms with E-state index in [1.54, 1.807) is 11.4 Å². The molecule has 0 aromatic carbocycles. The first-order chi connectivity index (χ1) is 8.53. The molecule has 0 amide bonds. The van der Waals surface area contributed by atoms with E-state index < -0.39 is 10.0 Å². The molecule has 6 nitrogen and oxygen atoms in total. The molecule has 0 unspecified atom stereocenters. The smallest absolute Gasteiger partial charge is 0.272 e. The quantitative estimate of drug-likeness (QED) is 0.934. The molecule has 2 heterocycles. The Bertz CT molecular complexity index is 643. The number of hydrogen-bond donors (Lipinski definition) is 1. The molecular formula is C9H8ClN3O3S2. The van der Waals surface area contributed by atoms with Crippen molar-refractivity contribution in [3.8, 4) is 5.88 Å². The first-order valence-corrected chi connectivity index (χ1v) is 7.40. The first kappa shape index (κ1) is 13.1. The van der Waals surface area contributed by atoms with Crippen LogP contribution in [0.5, 0.6) is 5.88 Å². The van der Waals surface area contributed by atoms with E-state index in [9.17, 15) is 8.42 Å². The molecule has 0 spiro atoms. The van der Waals surface area contributed by atoms with E-state index in [4.69, 9.17) is 16.3 Å². The number of nitrogens with zero attached hydrogens (tertiary/aromatic N) is 2. The van der Waals surface area contributed by atoms with Crippen molar-refractivity contribution in [2.75, 3.05) is 11.8 Å². The van der Waals surface area contributed by atoms with Crippen molar-refractivity contribution in [1.29, 1.82) is 0 Å². The van der Waals surface area contributed by atoms with Crippen LogP contribution in [0.2, 0.25) is 5.15 Å². The molecular weight excluding hydrogens is 298 g/mol. The zero-order valence-electron chi connectivity index (χ0n) is 9.12. The summed E-state index contributed by atoms with van der Waals surface area (Å²) in [7, 11) is -2.33. The van der Waals surface area contributed by atoms with Crippen molar-refractivity contribution in [3.63, 3.8) is 0 Å². The number of methoxy groups -OCH3 is 1. The van der Waals surface area contributed by atoms with E-state index in [0.717, 1.165) is 11.3 Å². The summed E-state index contributed by atoms with van der Waals surface area (Å²) in [5.74, 6) is 0.0120. The van der Waals surface area contributed by atoms with Crippen LogP contribution in [0.15, 0.2) is 27.9 Å². The monoisotopic (exact) mass is 305 g/mol. The molecule has 0 saturated carbocycles. The van der Waals surface area contributed by atoms with Crippen LogP contribution in [0.4, 0.5) is 5.82 Å². The van der Waals surface area contributed by atoms with Gasteiger partial charge in [-0.25, -0.2) is 18.4 Å². The van der Waals surface area contributed by atoms with Gasteiger partial charge in [0.25, 0.3) is 15.9 Å². The lowest BCUT2D eigenvalue weighted by atomic mass is 10.6. The van der Waals surface area contributed by atoms with Crippen molar-refractivity contribution in [2.45, 2.75) is 4.21 Å². The van der Waals surface area contributed by atoms with Gasteiger partial charge in [0.1, 0.15) is 9.36 Å². The number of nitrogens with one attached hydrogen (secondary N) is 1. The standard InChI is InChI=1S/C9H8ClN3O3S2/c1-16-9-8(12-6(10)5-11-9)13-18(14,15)7-3-2-4-17-7/h2-5H,1H3,(H,12,13). The summed E-state index contributed by atoms with van der Waals surface area (Å²) in [5, 5.41) is 1.73. The Kier molecular flexibility index (Phi) is 3.69. The normalized spacial score (nSPS) is 11.2. The highest BCUT2D eigenvalue weighted by Crippen LogP contribution is 2.25. The van der Waals surface area contributed by atoms with Crippen LogP contribution in [-0.2, 0) is 10.0 Å². The Hall–Kier alpha value is -1.38. The fourth-order valence-electron chi connectivity index (χ4n) is 1.17. The average Bonchev–Trinajstić information content (AvgIpc) is 2.83. The van der Waals surface area contributed by atoms with Crippen molar-refractivity contribution >= 4 is 38.8 Å². The van der Waals surface area contributed by atoms with Crippen LogP contribution in [0, 0.1) is 0 Å². The molecule has 2 aromatic heterocycles. The average molecular weight is 306 g/mol. The number of aromatic nitrogens is 2. The fraction of sp³-hybridized carbons (Fsp3) is 0.111. The molecule has 0 aliphatic carbocycles. The topological polar surface area (TPSA) is 81.2 Å². The van der Waals surface area contributed by atoms with E-state index in [0.29, 0.717) is 0 Å². The minimum atomic E-state index is -3.69. The summed E-state index contributed by atoms with van der Waals surface area (Å²) in [6.07, 6.45) is 1.27. The van der Waals surface area contributed by atoms with Gasteiger partial charge in [-0.05, 0) is 11.4 Å². The molecule has 0 aliphatic rings. The summed E-state index contributed by atoms with van der Waals surface area (Å²) < 4.78 is 31.3. The third-order valence-corrected chi connectivity index (χ3v) is 4.81. The summed E-state index contributed by atoms with van der Waals surface area (Å²) >= 11 is 6.76. The van der Waals surface area contributed by atoms with Gasteiger partial charge >= 0.3 is 0 Å². The molecule has 0 fully saturated rings. The number of thiophene rings is 1. The second-order valence-corrected chi connectivity index (χ2v) is 6.33. The molecule has 96 valence electrons. The maximum Gasteiger partial charge on any atom is 0.272 e. The number of rotatable bonds is 4. The molecule has 0 saturated heterocycles. The number of ether oxygens (including phenoxy) is 1. The van der Waals surface area contributed by atoms with Gasteiger partial charge in [-0.3, -0.25) is 4.72 Å². The molecule has 1 N–H and O–H groups in total. The van der Waals surface area contributed by atoms with Crippen LogP contribution < -0.4 is 9.46 Å². The highest BCUT2D eigenvalue weighted by Gasteiger charge is 2.19. The predicted octanol–water partition coefficient (Wildman–Crippen LogP) is 2.00. The molecule has 2 rings (SSSR count). The summed E-state index contributed by atoms with van der Waals surface area (Å²) in [6.45, 7) is 0. The van der Waals surface area contributed by atoms with Crippen LogP contribution in [0.3, 0.4) is 0 Å². The number of anilines is 1. The Labute approximate surface area is 113 Å². The van der Waals surface area contributed by atoms with E-state index >= 15 is 0 Å². The maximum absolute atomic E-state index is 12.0. The van der Waals surface area contributed by atoms with Gasteiger partial charge < -0.3 is 4.74 Å². The lowest BCUT2D eigenvalue weighted by Crippen LogP contribution is -2.14. The molecule has 0 bridgehead atoms. The van der Waals surface area contributed by atoms with E-state index in [-0.39, 0.29) is 21.1 Å². The SMILES string of the molecule is COc1ncc(Cl)nc1NS(=O)(=O)c1cccs1. The van der Waals surface area contributed by atoms with Crippen molar-refractivity contribution < 1.29 is 13.2 Å². The second-order valence-electron chi connectivity index (χ2n) is 3.09. The summed E-state index contributed by atoms with van der Waals surface area (Å²) in [5.41, 5.74) is 0. The van der Waals surface area contributed by atoms with Gasteiger partial charge in [-0.2, -0.15) is 0 Å². The Balaban J connectivity index is 2.37. The predicted molar refractivity (Wildman–Crippen MR) is 68.7 cm³/mol. The molecule has 2 aromatic rings. The summed E-state index contributed by atoms with van der Waals surface area (Å²) in [6, 6.07) is 3.12. The van der Waals surface area contributed by atoms with Crippen LogP contribution in [0.25, 0.3) is 0 Å². The Morgan fingerprint density at radius 1 is 1.50 bits per heavy atom. The molecule has 18 heavy (non-hydrogen) atoms. The molecule has 0 atom stereocenters. The van der Waals surface area contributed by atoms with Gasteiger partial charge in [0.05, 0.1) is 13.3 Å². The third kappa shape index (κ3) is 2.71. The van der Waals surface area contributed by atoms with E-state index in [1.165, 1.54) is 19.4 Å². The second kappa shape index (κ2) is 5.09. The van der Waals surface area contributed by atoms with Crippen LogP contribution >= 0.6 is 22.9 Å². The van der Waals surface area contributed by atoms with Gasteiger partial charge in [-0.1, -0.05) is 17.7 Å². The van der Waals surface area contributed by atoms with Crippen LogP contribution in [0.1, 0.15) is 0 Å². The van der Waals surface area contributed by atoms with E-state index in [2.05, 4.69) is 14.7 Å². The zero-order chi connectivity index (χ0) is 13.2. The Morgan fingerprint density at radius 3 is 2.89 bits per heavy atom. The lowest BCUT2D eigenvalue weighted by molar-refractivity contribution is 0.398. The third-order valence-electron chi connectivity index (χ3n) is 1.89. The largest absolute Gasteiger partial charge is 0.478 e. The van der Waals surface area contributed by atoms with Crippen molar-refractivity contribution in [3.05, 3.63) is 28.9 Å². The van der Waals surface area contributed by atoms with Gasteiger partial charge in [-0.15, -0.1) is 11.3 Å².